The Labute approximate surface area is 129 Å². The van der Waals surface area contributed by atoms with Crippen LogP contribution in [0.15, 0.2) is 65.7 Å². The van der Waals surface area contributed by atoms with E-state index in [4.69, 9.17) is 5.73 Å². The molecule has 3 aromatic rings. The number of fused-ring (bicyclic) bond motifs is 1. The molecule has 0 fully saturated rings. The maximum absolute atomic E-state index is 12.2. The highest BCUT2D eigenvalue weighted by Crippen LogP contribution is 2.15. The molecule has 0 bridgehead atoms. The van der Waals surface area contributed by atoms with Crippen molar-refractivity contribution >= 4 is 26.6 Å². The topological polar surface area (TPSA) is 77.1 Å². The van der Waals surface area contributed by atoms with Crippen LogP contribution in [0.1, 0.15) is 0 Å². The number of sulfonamides is 1. The summed E-state index contributed by atoms with van der Waals surface area (Å²) in [5.41, 5.74) is 7.20. The lowest BCUT2D eigenvalue weighted by Gasteiger charge is -2.09. The number of benzene rings is 2. The van der Waals surface area contributed by atoms with Crippen LogP contribution in [-0.4, -0.2) is 19.5 Å². The Bertz CT molecular complexity index is 883. The highest BCUT2D eigenvalue weighted by atomic mass is 32.2. The Balaban J connectivity index is 1.68. The number of para-hydroxylation sites is 1. The molecular weight excluding hydrogens is 298 g/mol. The summed E-state index contributed by atoms with van der Waals surface area (Å²) in [5, 5.41) is 1.14. The summed E-state index contributed by atoms with van der Waals surface area (Å²) in [6, 6.07) is 16.2. The zero-order valence-electron chi connectivity index (χ0n) is 11.9. The fraction of sp³-hybridized carbons (Fsp3) is 0.125. The average Bonchev–Trinajstić information content (AvgIpc) is 2.91. The van der Waals surface area contributed by atoms with E-state index in [2.05, 4.69) is 4.72 Å². The third-order valence-electron chi connectivity index (χ3n) is 3.52. The number of rotatable bonds is 5. The molecule has 1 aromatic heterocycles. The molecule has 0 amide bonds. The van der Waals surface area contributed by atoms with Gasteiger partial charge in [-0.05, 0) is 41.8 Å². The summed E-state index contributed by atoms with van der Waals surface area (Å²) in [6.07, 6.45) is 1.96. The van der Waals surface area contributed by atoms with Crippen LogP contribution >= 0.6 is 0 Å². The molecule has 0 spiro atoms. The highest BCUT2D eigenvalue weighted by molar-refractivity contribution is 7.89. The van der Waals surface area contributed by atoms with Crippen molar-refractivity contribution in [2.24, 2.45) is 0 Å². The van der Waals surface area contributed by atoms with E-state index in [9.17, 15) is 8.42 Å². The van der Waals surface area contributed by atoms with Crippen molar-refractivity contribution in [1.82, 2.24) is 9.29 Å². The third kappa shape index (κ3) is 2.98. The van der Waals surface area contributed by atoms with Gasteiger partial charge in [-0.2, -0.15) is 0 Å². The fourth-order valence-electron chi connectivity index (χ4n) is 2.37. The van der Waals surface area contributed by atoms with Crippen LogP contribution in [0.4, 0.5) is 5.69 Å². The van der Waals surface area contributed by atoms with E-state index < -0.39 is 10.0 Å². The predicted molar refractivity (Wildman–Crippen MR) is 88.0 cm³/mol. The van der Waals surface area contributed by atoms with E-state index in [1.807, 2.05) is 41.1 Å². The molecule has 0 saturated heterocycles. The van der Waals surface area contributed by atoms with Gasteiger partial charge in [0.15, 0.2) is 0 Å². The van der Waals surface area contributed by atoms with Gasteiger partial charge in [-0.3, -0.25) is 0 Å². The lowest BCUT2D eigenvalue weighted by molar-refractivity contribution is 0.574. The van der Waals surface area contributed by atoms with E-state index in [0.717, 1.165) is 10.9 Å². The van der Waals surface area contributed by atoms with E-state index in [1.54, 1.807) is 12.1 Å². The number of nitrogens with two attached hydrogens (primary N) is 1. The zero-order valence-corrected chi connectivity index (χ0v) is 12.8. The van der Waals surface area contributed by atoms with Crippen molar-refractivity contribution in [3.05, 3.63) is 60.8 Å². The van der Waals surface area contributed by atoms with Gasteiger partial charge in [0.2, 0.25) is 10.0 Å². The van der Waals surface area contributed by atoms with Gasteiger partial charge in [0.25, 0.3) is 0 Å². The van der Waals surface area contributed by atoms with E-state index in [-0.39, 0.29) is 4.90 Å². The number of hydrogen-bond donors (Lipinski definition) is 2. The van der Waals surface area contributed by atoms with Gasteiger partial charge >= 0.3 is 0 Å². The minimum absolute atomic E-state index is 0.221. The quantitative estimate of drug-likeness (QED) is 0.709. The molecular formula is C16H17N3O2S. The van der Waals surface area contributed by atoms with Crippen molar-refractivity contribution in [3.63, 3.8) is 0 Å². The van der Waals surface area contributed by atoms with E-state index >= 15 is 0 Å². The van der Waals surface area contributed by atoms with Crippen LogP contribution in [0.2, 0.25) is 0 Å². The van der Waals surface area contributed by atoms with Crippen molar-refractivity contribution in [1.29, 1.82) is 0 Å². The van der Waals surface area contributed by atoms with Crippen LogP contribution in [0.25, 0.3) is 10.9 Å². The number of nitrogens with one attached hydrogen (secondary N) is 1. The molecule has 3 rings (SSSR count). The van der Waals surface area contributed by atoms with Crippen molar-refractivity contribution in [2.75, 3.05) is 12.3 Å². The van der Waals surface area contributed by atoms with Crippen LogP contribution < -0.4 is 10.5 Å². The van der Waals surface area contributed by atoms with Gasteiger partial charge < -0.3 is 10.3 Å². The zero-order chi connectivity index (χ0) is 15.6. The molecule has 5 nitrogen and oxygen atoms in total. The smallest absolute Gasteiger partial charge is 0.240 e. The summed E-state index contributed by atoms with van der Waals surface area (Å²) < 4.78 is 29.0. The van der Waals surface area contributed by atoms with Crippen LogP contribution in [-0.2, 0) is 16.6 Å². The second-order valence-electron chi connectivity index (χ2n) is 5.03. The Kier molecular flexibility index (Phi) is 3.87. The second-order valence-corrected chi connectivity index (χ2v) is 6.80. The number of nitrogen functional groups attached to an aromatic ring is 1. The first-order chi connectivity index (χ1) is 10.6. The molecule has 114 valence electrons. The third-order valence-corrected chi connectivity index (χ3v) is 4.99. The second kappa shape index (κ2) is 5.82. The van der Waals surface area contributed by atoms with E-state index in [1.165, 1.54) is 12.1 Å². The monoisotopic (exact) mass is 315 g/mol. The highest BCUT2D eigenvalue weighted by Gasteiger charge is 2.12. The fourth-order valence-corrected chi connectivity index (χ4v) is 3.39. The minimum Gasteiger partial charge on any atom is -0.399 e. The van der Waals surface area contributed by atoms with Gasteiger partial charge in [0.1, 0.15) is 0 Å². The molecule has 0 aliphatic carbocycles. The molecule has 22 heavy (non-hydrogen) atoms. The Morgan fingerprint density at radius 2 is 1.73 bits per heavy atom. The molecule has 0 saturated carbocycles. The first-order valence-corrected chi connectivity index (χ1v) is 8.44. The van der Waals surface area contributed by atoms with Crippen molar-refractivity contribution < 1.29 is 8.42 Å². The average molecular weight is 315 g/mol. The molecule has 0 aliphatic rings. The SMILES string of the molecule is Nc1ccc(S(=O)(=O)NCCn2ccc3ccccc32)cc1. The van der Waals surface area contributed by atoms with Crippen LogP contribution in [0, 0.1) is 0 Å². The molecule has 0 unspecified atom stereocenters. The first-order valence-electron chi connectivity index (χ1n) is 6.95. The maximum atomic E-state index is 12.2. The summed E-state index contributed by atoms with van der Waals surface area (Å²) >= 11 is 0. The Morgan fingerprint density at radius 3 is 2.50 bits per heavy atom. The largest absolute Gasteiger partial charge is 0.399 e. The van der Waals surface area contributed by atoms with Crippen molar-refractivity contribution in [2.45, 2.75) is 11.4 Å². The number of aromatic nitrogens is 1. The number of hydrogen-bond acceptors (Lipinski definition) is 3. The summed E-state index contributed by atoms with van der Waals surface area (Å²) in [7, 11) is -3.50. The first kappa shape index (κ1) is 14.6. The van der Waals surface area contributed by atoms with Crippen LogP contribution in [0.5, 0.6) is 0 Å². The lowest BCUT2D eigenvalue weighted by atomic mass is 10.2. The predicted octanol–water partition coefficient (Wildman–Crippen LogP) is 2.20. The van der Waals surface area contributed by atoms with Gasteiger partial charge in [0.05, 0.1) is 4.90 Å². The molecule has 0 radical (unpaired) electrons. The summed E-state index contributed by atoms with van der Waals surface area (Å²) in [6.45, 7) is 0.896. The molecule has 6 heteroatoms. The summed E-state index contributed by atoms with van der Waals surface area (Å²) in [4.78, 5) is 0.221. The summed E-state index contributed by atoms with van der Waals surface area (Å²) in [5.74, 6) is 0. The van der Waals surface area contributed by atoms with Gasteiger partial charge in [0, 0.05) is 30.5 Å². The Morgan fingerprint density at radius 1 is 1.00 bits per heavy atom. The minimum atomic E-state index is -3.50. The van der Waals surface area contributed by atoms with Crippen molar-refractivity contribution in [3.8, 4) is 0 Å². The standard InChI is InChI=1S/C16H17N3O2S/c17-14-5-7-15(8-6-14)22(20,21)18-10-12-19-11-9-13-3-1-2-4-16(13)19/h1-9,11,18H,10,12,17H2. The Hall–Kier alpha value is -2.31. The van der Waals surface area contributed by atoms with Gasteiger partial charge in [-0.1, -0.05) is 18.2 Å². The van der Waals surface area contributed by atoms with Gasteiger partial charge in [-0.15, -0.1) is 0 Å². The lowest BCUT2D eigenvalue weighted by Crippen LogP contribution is -2.27. The normalized spacial score (nSPS) is 11.8. The molecule has 1 heterocycles. The molecule has 2 aromatic carbocycles. The number of anilines is 1. The van der Waals surface area contributed by atoms with Crippen LogP contribution in [0.3, 0.4) is 0 Å². The molecule has 0 atom stereocenters. The maximum Gasteiger partial charge on any atom is 0.240 e. The number of nitrogens with zero attached hydrogens (tertiary/aromatic N) is 1. The molecule has 0 aliphatic heterocycles. The van der Waals surface area contributed by atoms with Gasteiger partial charge in [-0.25, -0.2) is 13.1 Å². The van der Waals surface area contributed by atoms with E-state index in [0.29, 0.717) is 18.8 Å². The molecule has 3 N–H and O–H groups in total.